The molecule has 1 N–H and O–H groups in total. The number of nitrogens with zero attached hydrogens (tertiary/aromatic N) is 6. The molecule has 1 aromatic carbocycles. The van der Waals surface area contributed by atoms with Gasteiger partial charge in [-0.15, -0.1) is 10.2 Å². The molecule has 6 rings (SSSR count). The van der Waals surface area contributed by atoms with E-state index in [9.17, 15) is 9.59 Å². The number of rotatable bonds is 7. The van der Waals surface area contributed by atoms with Crippen LogP contribution in [0, 0.1) is 5.92 Å². The summed E-state index contributed by atoms with van der Waals surface area (Å²) in [6.45, 7) is 2.15. The van der Waals surface area contributed by atoms with Crippen molar-refractivity contribution in [2.75, 3.05) is 11.9 Å². The number of benzene rings is 1. The van der Waals surface area contributed by atoms with Crippen LogP contribution in [0.1, 0.15) is 54.8 Å². The summed E-state index contributed by atoms with van der Waals surface area (Å²) in [5.74, 6) is 1.50. The lowest BCUT2D eigenvalue weighted by atomic mass is 9.94. The Bertz CT molecular complexity index is 1260. The highest BCUT2D eigenvalue weighted by molar-refractivity contribution is 6.02. The van der Waals surface area contributed by atoms with E-state index in [0.29, 0.717) is 38.3 Å². The first kappa shape index (κ1) is 21.1. The van der Waals surface area contributed by atoms with Crippen LogP contribution in [0.25, 0.3) is 11.5 Å². The molecule has 2 aromatic heterocycles. The van der Waals surface area contributed by atoms with Gasteiger partial charge in [0.2, 0.25) is 11.8 Å². The van der Waals surface area contributed by atoms with Crippen LogP contribution in [-0.4, -0.2) is 47.8 Å². The molecule has 176 valence electrons. The van der Waals surface area contributed by atoms with Crippen LogP contribution in [0.4, 0.5) is 5.69 Å². The van der Waals surface area contributed by atoms with Crippen LogP contribution in [0.5, 0.6) is 0 Å². The third-order valence-corrected chi connectivity index (χ3v) is 7.37. The number of carbonyl (C=O) groups is 2. The van der Waals surface area contributed by atoms with E-state index < -0.39 is 0 Å². The highest BCUT2D eigenvalue weighted by atomic mass is 16.2. The molecule has 0 spiro atoms. The zero-order valence-corrected chi connectivity index (χ0v) is 19.4. The number of amides is 2. The monoisotopic (exact) mass is 459 g/mol. The first-order valence-corrected chi connectivity index (χ1v) is 12.2. The van der Waals surface area contributed by atoms with E-state index in [0.717, 1.165) is 41.3 Å². The number of fused-ring (bicyclic) bond motifs is 2. The third kappa shape index (κ3) is 3.78. The van der Waals surface area contributed by atoms with Gasteiger partial charge < -0.3 is 14.8 Å². The molecule has 1 atom stereocenters. The van der Waals surface area contributed by atoms with Crippen molar-refractivity contribution in [1.82, 2.24) is 29.4 Å². The maximum Gasteiger partial charge on any atom is 0.232 e. The maximum atomic E-state index is 13.1. The van der Waals surface area contributed by atoms with E-state index in [1.165, 1.54) is 18.5 Å². The number of hydrogen-bond donors (Lipinski definition) is 1. The minimum absolute atomic E-state index is 0.0339. The summed E-state index contributed by atoms with van der Waals surface area (Å²) in [6, 6.07) is 7.81. The van der Waals surface area contributed by atoms with Gasteiger partial charge in [0.15, 0.2) is 5.82 Å². The quantitative estimate of drug-likeness (QED) is 0.586. The van der Waals surface area contributed by atoms with Gasteiger partial charge in [-0.05, 0) is 43.2 Å². The fourth-order valence-corrected chi connectivity index (χ4v) is 5.31. The van der Waals surface area contributed by atoms with Gasteiger partial charge in [-0.25, -0.2) is 0 Å². The Kier molecular flexibility index (Phi) is 5.19. The van der Waals surface area contributed by atoms with Crippen molar-refractivity contribution in [3.8, 4) is 11.5 Å². The number of anilines is 1. The standard InChI is InChI=1S/C25H29N7O2/c1-30-21-11-12-31(14-19(21)23(29-30)24-28-26-15-32(24)13-16-9-10-16)22(33)8-4-6-18-17-5-2-3-7-20(17)27-25(18)34/h2-3,5,7,15-16,18H,4,6,8-14H2,1H3,(H,27,34). The summed E-state index contributed by atoms with van der Waals surface area (Å²) >= 11 is 0. The molecule has 2 amide bonds. The number of aromatic nitrogens is 5. The molecule has 34 heavy (non-hydrogen) atoms. The van der Waals surface area contributed by atoms with Gasteiger partial charge >= 0.3 is 0 Å². The van der Waals surface area contributed by atoms with Crippen LogP contribution >= 0.6 is 0 Å². The fourth-order valence-electron chi connectivity index (χ4n) is 5.31. The number of nitrogens with one attached hydrogen (secondary N) is 1. The minimum Gasteiger partial charge on any atom is -0.338 e. The molecule has 3 aromatic rings. The molecule has 9 heteroatoms. The summed E-state index contributed by atoms with van der Waals surface area (Å²) in [6.07, 6.45) is 6.88. The highest BCUT2D eigenvalue weighted by Gasteiger charge is 2.32. The molecular formula is C25H29N7O2. The lowest BCUT2D eigenvalue weighted by molar-refractivity contribution is -0.132. The van der Waals surface area contributed by atoms with Gasteiger partial charge in [-0.1, -0.05) is 18.2 Å². The topological polar surface area (TPSA) is 97.9 Å². The van der Waals surface area contributed by atoms with Crippen LogP contribution in [-0.2, 0) is 36.1 Å². The van der Waals surface area contributed by atoms with E-state index in [1.807, 2.05) is 40.9 Å². The number of aryl methyl sites for hydroxylation is 1. The second-order valence-electron chi connectivity index (χ2n) is 9.73. The zero-order valence-electron chi connectivity index (χ0n) is 19.4. The Hall–Kier alpha value is -3.49. The number of para-hydroxylation sites is 1. The van der Waals surface area contributed by atoms with E-state index in [-0.39, 0.29) is 17.7 Å². The lowest BCUT2D eigenvalue weighted by Gasteiger charge is -2.28. The van der Waals surface area contributed by atoms with Crippen molar-refractivity contribution < 1.29 is 9.59 Å². The SMILES string of the molecule is Cn1nc(-c2nncn2CC2CC2)c2c1CCN(C(=O)CCCC1C(=O)Nc3ccccc31)C2. The molecule has 3 aliphatic rings. The van der Waals surface area contributed by atoms with Gasteiger partial charge in [0.1, 0.15) is 12.0 Å². The van der Waals surface area contributed by atoms with E-state index in [1.54, 1.807) is 6.33 Å². The first-order chi connectivity index (χ1) is 16.6. The largest absolute Gasteiger partial charge is 0.338 e. The van der Waals surface area contributed by atoms with Gasteiger partial charge in [0.25, 0.3) is 0 Å². The summed E-state index contributed by atoms with van der Waals surface area (Å²) in [5.41, 5.74) is 5.02. The lowest BCUT2D eigenvalue weighted by Crippen LogP contribution is -2.36. The van der Waals surface area contributed by atoms with Crippen molar-refractivity contribution in [2.24, 2.45) is 13.0 Å². The predicted octanol–water partition coefficient (Wildman–Crippen LogP) is 2.88. The Balaban J connectivity index is 1.13. The predicted molar refractivity (Wildman–Crippen MR) is 126 cm³/mol. The molecule has 9 nitrogen and oxygen atoms in total. The van der Waals surface area contributed by atoms with Gasteiger partial charge in [0, 0.05) is 56.5 Å². The molecule has 0 radical (unpaired) electrons. The zero-order chi connectivity index (χ0) is 23.2. The molecule has 4 heterocycles. The number of hydrogen-bond acceptors (Lipinski definition) is 5. The van der Waals surface area contributed by atoms with Gasteiger partial charge in [-0.2, -0.15) is 5.10 Å². The average Bonchev–Trinajstić information content (AvgIpc) is 3.30. The molecule has 1 unspecified atom stereocenters. The molecule has 0 saturated heterocycles. The van der Waals surface area contributed by atoms with Crippen molar-refractivity contribution >= 4 is 17.5 Å². The smallest absolute Gasteiger partial charge is 0.232 e. The minimum atomic E-state index is -0.167. The summed E-state index contributed by atoms with van der Waals surface area (Å²) in [4.78, 5) is 27.4. The molecule has 1 aliphatic carbocycles. The Morgan fingerprint density at radius 3 is 2.94 bits per heavy atom. The molecule has 2 aliphatic heterocycles. The fraction of sp³-hybridized carbons (Fsp3) is 0.480. The Labute approximate surface area is 198 Å². The molecule has 0 bridgehead atoms. The summed E-state index contributed by atoms with van der Waals surface area (Å²) < 4.78 is 4.03. The van der Waals surface area contributed by atoms with Crippen LogP contribution in [0.15, 0.2) is 30.6 Å². The Morgan fingerprint density at radius 2 is 2.09 bits per heavy atom. The van der Waals surface area contributed by atoms with Gasteiger partial charge in [0.05, 0.1) is 5.92 Å². The van der Waals surface area contributed by atoms with Crippen molar-refractivity contribution in [3.05, 3.63) is 47.4 Å². The normalized spacial score (nSPS) is 19.1. The average molecular weight is 460 g/mol. The van der Waals surface area contributed by atoms with E-state index >= 15 is 0 Å². The van der Waals surface area contributed by atoms with Crippen molar-refractivity contribution in [1.29, 1.82) is 0 Å². The van der Waals surface area contributed by atoms with Crippen LogP contribution in [0.2, 0.25) is 0 Å². The summed E-state index contributed by atoms with van der Waals surface area (Å²) in [5, 5.41) is 16.2. The summed E-state index contributed by atoms with van der Waals surface area (Å²) in [7, 11) is 1.96. The third-order valence-electron chi connectivity index (χ3n) is 7.37. The van der Waals surface area contributed by atoms with Crippen LogP contribution < -0.4 is 5.32 Å². The Morgan fingerprint density at radius 1 is 1.24 bits per heavy atom. The van der Waals surface area contributed by atoms with Crippen molar-refractivity contribution in [2.45, 2.75) is 57.5 Å². The second-order valence-corrected chi connectivity index (χ2v) is 9.73. The maximum absolute atomic E-state index is 13.1. The first-order valence-electron chi connectivity index (χ1n) is 12.2. The number of carbonyl (C=O) groups excluding carboxylic acids is 2. The van der Waals surface area contributed by atoms with Crippen molar-refractivity contribution in [3.63, 3.8) is 0 Å². The molecular weight excluding hydrogens is 430 g/mol. The molecule has 1 saturated carbocycles. The highest BCUT2D eigenvalue weighted by Crippen LogP contribution is 2.36. The van der Waals surface area contributed by atoms with Gasteiger partial charge in [-0.3, -0.25) is 14.3 Å². The second kappa shape index (κ2) is 8.38. The van der Waals surface area contributed by atoms with Crippen LogP contribution in [0.3, 0.4) is 0 Å². The molecule has 1 fully saturated rings. The van der Waals surface area contributed by atoms with E-state index in [4.69, 9.17) is 5.10 Å². The van der Waals surface area contributed by atoms with E-state index in [2.05, 4.69) is 20.1 Å².